The number of likely N-dealkylation sites (tertiary alicyclic amines) is 1. The molecule has 1 aliphatic heterocycles. The highest BCUT2D eigenvalue weighted by Crippen LogP contribution is 2.40. The average molecular weight is 396 g/mol. The second kappa shape index (κ2) is 8.37. The topological polar surface area (TPSA) is 87.5 Å². The number of carbonyl (C=O) groups is 2. The van der Waals surface area contributed by atoms with E-state index in [9.17, 15) is 9.59 Å². The van der Waals surface area contributed by atoms with E-state index < -0.39 is 0 Å². The number of carbonyl (C=O) groups excluding carboxylic acids is 2. The molecule has 2 amide bonds. The Bertz CT molecular complexity index is 860. The van der Waals surface area contributed by atoms with Crippen LogP contribution >= 0.6 is 0 Å². The minimum absolute atomic E-state index is 0.0537. The Morgan fingerprint density at radius 1 is 1.17 bits per heavy atom. The summed E-state index contributed by atoms with van der Waals surface area (Å²) in [5.74, 6) is 1.05. The Labute approximate surface area is 170 Å². The van der Waals surface area contributed by atoms with Crippen LogP contribution in [0.4, 0.5) is 0 Å². The van der Waals surface area contributed by atoms with Crippen molar-refractivity contribution in [2.45, 2.75) is 44.7 Å². The zero-order valence-electron chi connectivity index (χ0n) is 16.9. The Balaban J connectivity index is 1.38. The first kappa shape index (κ1) is 19.6. The highest BCUT2D eigenvalue weighted by atomic mass is 16.5. The number of amides is 2. The Hall–Kier alpha value is -2.67. The first-order valence-electron chi connectivity index (χ1n) is 10.4. The van der Waals surface area contributed by atoms with Crippen LogP contribution in [-0.4, -0.2) is 53.6 Å². The number of benzene rings is 1. The van der Waals surface area contributed by atoms with Gasteiger partial charge in [-0.05, 0) is 38.8 Å². The van der Waals surface area contributed by atoms with Gasteiger partial charge >= 0.3 is 0 Å². The molecule has 0 spiro atoms. The molecule has 2 fully saturated rings. The molecule has 1 aliphatic carbocycles. The zero-order chi connectivity index (χ0) is 20.4. The number of nitrogens with zero attached hydrogens (tertiary/aromatic N) is 2. The van der Waals surface area contributed by atoms with E-state index >= 15 is 0 Å². The maximum absolute atomic E-state index is 12.7. The molecule has 7 heteroatoms. The lowest BCUT2D eigenvalue weighted by atomic mass is 10.0. The summed E-state index contributed by atoms with van der Waals surface area (Å²) < 4.78 is 5.31. The summed E-state index contributed by atoms with van der Waals surface area (Å²) in [4.78, 5) is 27.4. The van der Waals surface area contributed by atoms with Gasteiger partial charge in [0.2, 0.25) is 0 Å². The minimum Gasteiger partial charge on any atom is -0.360 e. The van der Waals surface area contributed by atoms with Crippen molar-refractivity contribution in [2.75, 3.05) is 19.6 Å². The van der Waals surface area contributed by atoms with Crippen molar-refractivity contribution < 1.29 is 14.1 Å². The van der Waals surface area contributed by atoms with Crippen molar-refractivity contribution in [3.8, 4) is 0 Å². The van der Waals surface area contributed by atoms with Crippen molar-refractivity contribution in [1.82, 2.24) is 20.7 Å². The molecule has 4 rings (SSSR count). The number of rotatable bonds is 7. The van der Waals surface area contributed by atoms with Gasteiger partial charge in [-0.25, -0.2) is 0 Å². The predicted octanol–water partition coefficient (Wildman–Crippen LogP) is 2.42. The molecule has 1 aromatic heterocycles. The molecule has 1 aromatic carbocycles. The van der Waals surface area contributed by atoms with E-state index in [1.807, 2.05) is 18.2 Å². The van der Waals surface area contributed by atoms with E-state index in [-0.39, 0.29) is 23.8 Å². The lowest BCUT2D eigenvalue weighted by Gasteiger charge is -2.20. The fraction of sp³-hybridized carbons (Fsp3) is 0.500. The van der Waals surface area contributed by atoms with E-state index in [1.165, 1.54) is 0 Å². The van der Waals surface area contributed by atoms with Gasteiger partial charge in [-0.1, -0.05) is 23.4 Å². The molecule has 2 aromatic rings. The maximum atomic E-state index is 12.7. The van der Waals surface area contributed by atoms with Crippen LogP contribution < -0.4 is 10.6 Å². The number of hydrogen-bond donors (Lipinski definition) is 2. The van der Waals surface area contributed by atoms with Crippen LogP contribution in [0, 0.1) is 5.92 Å². The van der Waals surface area contributed by atoms with Crippen molar-refractivity contribution in [3.05, 3.63) is 53.4 Å². The van der Waals surface area contributed by atoms with Crippen LogP contribution in [0.3, 0.4) is 0 Å². The van der Waals surface area contributed by atoms with Crippen LogP contribution in [0.5, 0.6) is 0 Å². The van der Waals surface area contributed by atoms with E-state index in [0.717, 1.165) is 31.7 Å². The summed E-state index contributed by atoms with van der Waals surface area (Å²) in [6.07, 6.45) is 2.21. The van der Waals surface area contributed by atoms with Crippen molar-refractivity contribution in [1.29, 1.82) is 0 Å². The molecule has 7 nitrogen and oxygen atoms in total. The average Bonchev–Trinajstić information content (AvgIpc) is 3.31. The number of aromatic nitrogens is 1. The molecular weight excluding hydrogens is 368 g/mol. The second-order valence-electron chi connectivity index (χ2n) is 8.35. The van der Waals surface area contributed by atoms with Crippen LogP contribution in [0.1, 0.15) is 59.2 Å². The Morgan fingerprint density at radius 3 is 2.62 bits per heavy atom. The highest BCUT2D eigenvalue weighted by Gasteiger charge is 2.36. The summed E-state index contributed by atoms with van der Waals surface area (Å²) in [6.45, 7) is 6.37. The van der Waals surface area contributed by atoms with Gasteiger partial charge in [-0.15, -0.1) is 0 Å². The fourth-order valence-corrected chi connectivity index (χ4v) is 3.81. The Kier molecular flexibility index (Phi) is 5.67. The van der Waals surface area contributed by atoms with Gasteiger partial charge in [0.1, 0.15) is 5.76 Å². The third kappa shape index (κ3) is 4.67. The molecule has 0 bridgehead atoms. The number of nitrogens with one attached hydrogen (secondary N) is 2. The smallest absolute Gasteiger partial charge is 0.273 e. The van der Waals surface area contributed by atoms with E-state index in [1.54, 1.807) is 18.2 Å². The summed E-state index contributed by atoms with van der Waals surface area (Å²) in [6, 6.07) is 11.3. The maximum Gasteiger partial charge on any atom is 0.273 e. The van der Waals surface area contributed by atoms with Crippen LogP contribution in [0.15, 0.2) is 40.9 Å². The summed E-state index contributed by atoms with van der Waals surface area (Å²) in [5.41, 5.74) is 0.976. The first-order valence-corrected chi connectivity index (χ1v) is 10.4. The molecule has 2 aliphatic rings. The van der Waals surface area contributed by atoms with Gasteiger partial charge < -0.3 is 15.2 Å². The second-order valence-corrected chi connectivity index (χ2v) is 8.35. The quantitative estimate of drug-likeness (QED) is 0.751. The van der Waals surface area contributed by atoms with Crippen molar-refractivity contribution in [2.24, 2.45) is 5.92 Å². The monoisotopic (exact) mass is 396 g/mol. The molecule has 1 saturated heterocycles. The SMILES string of the molecule is CC(C)N1CC(CNC(=O)c2ccccc2)C(NC(=O)c2cc(C3CC3)on2)C1. The first-order chi connectivity index (χ1) is 14.0. The fourth-order valence-electron chi connectivity index (χ4n) is 3.81. The van der Waals surface area contributed by atoms with Gasteiger partial charge in [-0.3, -0.25) is 14.5 Å². The van der Waals surface area contributed by atoms with Crippen LogP contribution in [-0.2, 0) is 0 Å². The predicted molar refractivity (Wildman–Crippen MR) is 109 cm³/mol. The van der Waals surface area contributed by atoms with Crippen LogP contribution in [0.2, 0.25) is 0 Å². The van der Waals surface area contributed by atoms with E-state index in [4.69, 9.17) is 4.52 Å². The Morgan fingerprint density at radius 2 is 1.93 bits per heavy atom. The molecule has 1 saturated carbocycles. The van der Waals surface area contributed by atoms with Crippen molar-refractivity contribution >= 4 is 11.8 Å². The van der Waals surface area contributed by atoms with Crippen LogP contribution in [0.25, 0.3) is 0 Å². The lowest BCUT2D eigenvalue weighted by molar-refractivity contribution is 0.0917. The minimum atomic E-state index is -0.212. The molecule has 2 N–H and O–H groups in total. The lowest BCUT2D eigenvalue weighted by Crippen LogP contribution is -2.44. The molecule has 2 atom stereocenters. The highest BCUT2D eigenvalue weighted by molar-refractivity contribution is 5.94. The van der Waals surface area contributed by atoms with Gasteiger partial charge in [0.15, 0.2) is 5.69 Å². The van der Waals surface area contributed by atoms with E-state index in [2.05, 4.69) is 34.5 Å². The zero-order valence-corrected chi connectivity index (χ0v) is 16.9. The molecule has 2 heterocycles. The normalized spacial score (nSPS) is 22.0. The number of hydrogen-bond acceptors (Lipinski definition) is 5. The van der Waals surface area contributed by atoms with Gasteiger partial charge in [0.05, 0.1) is 0 Å². The van der Waals surface area contributed by atoms with Gasteiger partial charge in [0.25, 0.3) is 11.8 Å². The van der Waals surface area contributed by atoms with Gasteiger partial charge in [-0.2, -0.15) is 0 Å². The van der Waals surface area contributed by atoms with Gasteiger partial charge in [0, 0.05) is 55.2 Å². The summed E-state index contributed by atoms with van der Waals surface area (Å²) in [5, 5.41) is 10.1. The largest absolute Gasteiger partial charge is 0.360 e. The summed E-state index contributed by atoms with van der Waals surface area (Å²) >= 11 is 0. The summed E-state index contributed by atoms with van der Waals surface area (Å²) in [7, 11) is 0. The third-order valence-electron chi connectivity index (χ3n) is 5.82. The molecule has 29 heavy (non-hydrogen) atoms. The third-order valence-corrected chi connectivity index (χ3v) is 5.82. The molecule has 0 radical (unpaired) electrons. The van der Waals surface area contributed by atoms with E-state index in [0.29, 0.717) is 29.8 Å². The standard InChI is InChI=1S/C22H28N4O3/c1-14(2)26-12-17(11-23-21(27)16-6-4-3-5-7-16)19(13-26)24-22(28)18-10-20(29-25-18)15-8-9-15/h3-7,10,14-15,17,19H,8-9,11-13H2,1-2H3,(H,23,27)(H,24,28). The molecule has 2 unspecified atom stereocenters. The molecular formula is C22H28N4O3. The van der Waals surface area contributed by atoms with Crippen molar-refractivity contribution in [3.63, 3.8) is 0 Å². The molecule has 154 valence electrons.